The van der Waals surface area contributed by atoms with E-state index >= 15 is 0 Å². The van der Waals surface area contributed by atoms with Crippen molar-refractivity contribution in [1.82, 2.24) is 15.3 Å². The van der Waals surface area contributed by atoms with E-state index in [-0.39, 0.29) is 5.91 Å². The van der Waals surface area contributed by atoms with Crippen LogP contribution in [0.4, 0.5) is 5.82 Å². The highest BCUT2D eigenvalue weighted by molar-refractivity contribution is 7.07. The van der Waals surface area contributed by atoms with Crippen molar-refractivity contribution in [2.75, 3.05) is 11.9 Å². The molecule has 1 amide bonds. The van der Waals surface area contributed by atoms with Crippen LogP contribution >= 0.6 is 11.3 Å². The zero-order valence-corrected chi connectivity index (χ0v) is 11.5. The number of thiazole rings is 1. The molecule has 6 heteroatoms. The van der Waals surface area contributed by atoms with Crippen molar-refractivity contribution in [1.29, 1.82) is 0 Å². The molecule has 100 valence electrons. The molecule has 0 radical (unpaired) electrons. The first-order chi connectivity index (χ1) is 9.29. The number of nitrogens with zero attached hydrogens (tertiary/aromatic N) is 2. The molecule has 2 aromatic heterocycles. The molecule has 19 heavy (non-hydrogen) atoms. The molecule has 0 aliphatic rings. The number of hydrogen-bond acceptors (Lipinski definition) is 5. The Balaban J connectivity index is 1.94. The summed E-state index contributed by atoms with van der Waals surface area (Å²) < 4.78 is 0. The zero-order valence-electron chi connectivity index (χ0n) is 10.7. The number of nitrogens with one attached hydrogen (secondary N) is 2. The molecule has 0 saturated carbocycles. The number of aromatic nitrogens is 2. The number of carbonyl (C=O) groups is 1. The van der Waals surface area contributed by atoms with E-state index in [0.29, 0.717) is 12.1 Å². The van der Waals surface area contributed by atoms with Crippen molar-refractivity contribution in [2.45, 2.75) is 19.9 Å². The van der Waals surface area contributed by atoms with Crippen molar-refractivity contribution < 1.29 is 4.79 Å². The van der Waals surface area contributed by atoms with Crippen LogP contribution in [0, 0.1) is 0 Å². The minimum atomic E-state index is -0.116. The maximum atomic E-state index is 12.0. The van der Waals surface area contributed by atoms with Gasteiger partial charge in [0, 0.05) is 23.7 Å². The monoisotopic (exact) mass is 276 g/mol. The predicted octanol–water partition coefficient (Wildman–Crippen LogP) is 2.29. The topological polar surface area (TPSA) is 66.9 Å². The first-order valence-corrected chi connectivity index (χ1v) is 7.09. The Kier molecular flexibility index (Phi) is 4.85. The van der Waals surface area contributed by atoms with Crippen molar-refractivity contribution in [3.63, 3.8) is 0 Å². The maximum Gasteiger partial charge on any atom is 0.251 e. The van der Waals surface area contributed by atoms with Crippen LogP contribution in [0.2, 0.25) is 0 Å². The van der Waals surface area contributed by atoms with E-state index in [1.807, 2.05) is 5.38 Å². The first kappa shape index (κ1) is 13.5. The normalized spacial score (nSPS) is 10.2. The number of rotatable bonds is 6. The molecule has 0 saturated heterocycles. The fourth-order valence-corrected chi connectivity index (χ4v) is 2.08. The highest BCUT2D eigenvalue weighted by atomic mass is 32.1. The summed E-state index contributed by atoms with van der Waals surface area (Å²) in [6.07, 6.45) is 2.65. The second-order valence-electron chi connectivity index (χ2n) is 4.02. The lowest BCUT2D eigenvalue weighted by molar-refractivity contribution is 0.0950. The summed E-state index contributed by atoms with van der Waals surface area (Å²) in [4.78, 5) is 20.3. The number of anilines is 1. The Hall–Kier alpha value is -1.95. The zero-order chi connectivity index (χ0) is 13.5. The van der Waals surface area contributed by atoms with E-state index < -0.39 is 0 Å². The molecular formula is C13H16N4OS. The molecule has 0 aliphatic heterocycles. The highest BCUT2D eigenvalue weighted by Crippen LogP contribution is 2.07. The van der Waals surface area contributed by atoms with Crippen LogP contribution in [0.5, 0.6) is 0 Å². The SMILES string of the molecule is CCCNc1cc(C(=O)NCc2cscn2)ccn1. The smallest absolute Gasteiger partial charge is 0.251 e. The standard InChI is InChI=1S/C13H16N4OS/c1-2-4-14-12-6-10(3-5-15-12)13(18)16-7-11-8-19-9-17-11/h3,5-6,8-9H,2,4,7H2,1H3,(H,14,15)(H,16,18). The fourth-order valence-electron chi connectivity index (χ4n) is 1.52. The molecule has 0 atom stereocenters. The summed E-state index contributed by atoms with van der Waals surface area (Å²) in [5, 5.41) is 7.91. The third-order valence-corrected chi connectivity index (χ3v) is 3.13. The van der Waals surface area contributed by atoms with Gasteiger partial charge in [0.1, 0.15) is 5.82 Å². The molecule has 2 aromatic rings. The Labute approximate surface area is 116 Å². The van der Waals surface area contributed by atoms with Crippen LogP contribution < -0.4 is 10.6 Å². The summed E-state index contributed by atoms with van der Waals surface area (Å²) in [5.74, 6) is 0.609. The van der Waals surface area contributed by atoms with Gasteiger partial charge in [0.2, 0.25) is 0 Å². The lowest BCUT2D eigenvalue weighted by atomic mass is 10.2. The van der Waals surface area contributed by atoms with Gasteiger partial charge < -0.3 is 10.6 Å². The van der Waals surface area contributed by atoms with Crippen LogP contribution in [0.25, 0.3) is 0 Å². The molecule has 0 aromatic carbocycles. The molecule has 0 fully saturated rings. The summed E-state index contributed by atoms with van der Waals surface area (Å²) in [5.41, 5.74) is 3.22. The van der Waals surface area contributed by atoms with Gasteiger partial charge in [-0.1, -0.05) is 6.92 Å². The summed E-state index contributed by atoms with van der Waals surface area (Å²) >= 11 is 1.52. The highest BCUT2D eigenvalue weighted by Gasteiger charge is 2.07. The van der Waals surface area contributed by atoms with Gasteiger partial charge in [-0.3, -0.25) is 4.79 Å². The largest absolute Gasteiger partial charge is 0.370 e. The van der Waals surface area contributed by atoms with E-state index in [1.165, 1.54) is 11.3 Å². The van der Waals surface area contributed by atoms with Gasteiger partial charge in [0.25, 0.3) is 5.91 Å². The Morgan fingerprint density at radius 1 is 1.42 bits per heavy atom. The average Bonchev–Trinajstić information content (AvgIpc) is 2.96. The minimum absolute atomic E-state index is 0.116. The van der Waals surface area contributed by atoms with Gasteiger partial charge in [0.05, 0.1) is 17.7 Å². The number of pyridine rings is 1. The van der Waals surface area contributed by atoms with E-state index in [0.717, 1.165) is 24.5 Å². The van der Waals surface area contributed by atoms with Crippen LogP contribution in [-0.4, -0.2) is 22.4 Å². The molecular weight excluding hydrogens is 260 g/mol. The summed E-state index contributed by atoms with van der Waals surface area (Å²) in [6.45, 7) is 3.37. The van der Waals surface area contributed by atoms with Crippen molar-refractivity contribution in [3.05, 3.63) is 40.5 Å². The van der Waals surface area contributed by atoms with Gasteiger partial charge in [-0.25, -0.2) is 9.97 Å². The van der Waals surface area contributed by atoms with E-state index in [2.05, 4.69) is 27.5 Å². The van der Waals surface area contributed by atoms with Crippen LogP contribution in [0.15, 0.2) is 29.2 Å². The molecule has 2 rings (SSSR count). The van der Waals surface area contributed by atoms with Gasteiger partial charge in [-0.05, 0) is 18.6 Å². The fraction of sp³-hybridized carbons (Fsp3) is 0.308. The minimum Gasteiger partial charge on any atom is -0.370 e. The lowest BCUT2D eigenvalue weighted by Gasteiger charge is -2.06. The molecule has 0 bridgehead atoms. The van der Waals surface area contributed by atoms with E-state index in [9.17, 15) is 4.79 Å². The lowest BCUT2D eigenvalue weighted by Crippen LogP contribution is -2.23. The quantitative estimate of drug-likeness (QED) is 0.849. The average molecular weight is 276 g/mol. The maximum absolute atomic E-state index is 12.0. The molecule has 0 unspecified atom stereocenters. The van der Waals surface area contributed by atoms with Crippen LogP contribution in [-0.2, 0) is 6.54 Å². The number of hydrogen-bond donors (Lipinski definition) is 2. The molecule has 2 heterocycles. The third kappa shape index (κ3) is 4.03. The first-order valence-electron chi connectivity index (χ1n) is 6.14. The Morgan fingerprint density at radius 2 is 2.32 bits per heavy atom. The van der Waals surface area contributed by atoms with Gasteiger partial charge in [-0.2, -0.15) is 0 Å². The van der Waals surface area contributed by atoms with Crippen molar-refractivity contribution in [3.8, 4) is 0 Å². The second-order valence-corrected chi connectivity index (χ2v) is 4.74. The molecule has 0 spiro atoms. The molecule has 0 aliphatic carbocycles. The Morgan fingerprint density at radius 3 is 3.05 bits per heavy atom. The molecule has 5 nitrogen and oxygen atoms in total. The number of carbonyl (C=O) groups excluding carboxylic acids is 1. The van der Waals surface area contributed by atoms with Gasteiger partial charge >= 0.3 is 0 Å². The van der Waals surface area contributed by atoms with E-state index in [4.69, 9.17) is 0 Å². The summed E-state index contributed by atoms with van der Waals surface area (Å²) in [6, 6.07) is 3.46. The van der Waals surface area contributed by atoms with Gasteiger partial charge in [-0.15, -0.1) is 11.3 Å². The summed E-state index contributed by atoms with van der Waals surface area (Å²) in [7, 11) is 0. The van der Waals surface area contributed by atoms with Crippen molar-refractivity contribution >= 4 is 23.1 Å². The van der Waals surface area contributed by atoms with Crippen LogP contribution in [0.3, 0.4) is 0 Å². The third-order valence-electron chi connectivity index (χ3n) is 2.49. The van der Waals surface area contributed by atoms with Crippen molar-refractivity contribution in [2.24, 2.45) is 0 Å². The Bertz CT molecular complexity index is 527. The van der Waals surface area contributed by atoms with E-state index in [1.54, 1.807) is 23.8 Å². The van der Waals surface area contributed by atoms with Crippen LogP contribution in [0.1, 0.15) is 29.4 Å². The molecule has 2 N–H and O–H groups in total. The second kappa shape index (κ2) is 6.84. The number of amides is 1. The predicted molar refractivity (Wildman–Crippen MR) is 76.3 cm³/mol. The van der Waals surface area contributed by atoms with Gasteiger partial charge in [0.15, 0.2) is 0 Å².